The molecule has 19 heavy (non-hydrogen) atoms. The van der Waals surface area contributed by atoms with Gasteiger partial charge < -0.3 is 5.32 Å². The van der Waals surface area contributed by atoms with Crippen molar-refractivity contribution in [1.29, 1.82) is 0 Å². The molecule has 2 aromatic carbocycles. The van der Waals surface area contributed by atoms with E-state index in [-0.39, 0.29) is 11.6 Å². The smallest absolute Gasteiger partial charge is 0.123 e. The SMILES string of the molecule is CCc1cccc(C(P)NCc2cccc(F)c2)c1. The van der Waals surface area contributed by atoms with Gasteiger partial charge in [-0.2, -0.15) is 0 Å². The van der Waals surface area contributed by atoms with E-state index in [1.165, 1.54) is 17.2 Å². The Labute approximate surface area is 116 Å². The number of rotatable bonds is 5. The van der Waals surface area contributed by atoms with Crippen molar-refractivity contribution in [3.8, 4) is 0 Å². The molecule has 0 fully saturated rings. The highest BCUT2D eigenvalue weighted by molar-refractivity contribution is 7.17. The minimum atomic E-state index is -0.187. The molecule has 0 saturated carbocycles. The summed E-state index contributed by atoms with van der Waals surface area (Å²) in [5, 5.41) is 3.39. The summed E-state index contributed by atoms with van der Waals surface area (Å²) in [4.78, 5) is 0. The molecule has 2 unspecified atom stereocenters. The van der Waals surface area contributed by atoms with Crippen molar-refractivity contribution in [2.24, 2.45) is 0 Å². The molecular weight excluding hydrogens is 256 g/mol. The van der Waals surface area contributed by atoms with Crippen LogP contribution in [-0.2, 0) is 13.0 Å². The number of benzene rings is 2. The third-order valence-corrected chi connectivity index (χ3v) is 3.75. The van der Waals surface area contributed by atoms with E-state index >= 15 is 0 Å². The monoisotopic (exact) mass is 275 g/mol. The second-order valence-electron chi connectivity index (χ2n) is 4.59. The fourth-order valence-corrected chi connectivity index (χ4v) is 2.32. The summed E-state index contributed by atoms with van der Waals surface area (Å²) in [6.45, 7) is 2.80. The topological polar surface area (TPSA) is 12.0 Å². The first kappa shape index (κ1) is 14.2. The molecule has 0 aliphatic rings. The lowest BCUT2D eigenvalue weighted by Gasteiger charge is -2.15. The third kappa shape index (κ3) is 4.12. The Morgan fingerprint density at radius 3 is 2.58 bits per heavy atom. The van der Waals surface area contributed by atoms with E-state index in [0.717, 1.165) is 12.0 Å². The van der Waals surface area contributed by atoms with Crippen LogP contribution in [0.4, 0.5) is 4.39 Å². The van der Waals surface area contributed by atoms with Gasteiger partial charge in [0, 0.05) is 12.3 Å². The molecule has 0 spiro atoms. The quantitative estimate of drug-likeness (QED) is 0.812. The predicted molar refractivity (Wildman–Crippen MR) is 81.5 cm³/mol. The van der Waals surface area contributed by atoms with Gasteiger partial charge in [-0.05, 0) is 35.2 Å². The molecule has 0 bridgehead atoms. The molecule has 3 heteroatoms. The first-order valence-electron chi connectivity index (χ1n) is 6.51. The molecule has 0 amide bonds. The van der Waals surface area contributed by atoms with E-state index in [0.29, 0.717) is 6.54 Å². The minimum absolute atomic E-state index is 0.176. The van der Waals surface area contributed by atoms with E-state index in [2.05, 4.69) is 45.7 Å². The highest BCUT2D eigenvalue weighted by Crippen LogP contribution is 2.21. The Balaban J connectivity index is 1.99. The van der Waals surface area contributed by atoms with Crippen molar-refractivity contribution in [1.82, 2.24) is 5.32 Å². The maximum Gasteiger partial charge on any atom is 0.123 e. The first-order valence-corrected chi connectivity index (χ1v) is 7.18. The van der Waals surface area contributed by atoms with E-state index in [9.17, 15) is 4.39 Å². The van der Waals surface area contributed by atoms with Crippen molar-refractivity contribution in [2.45, 2.75) is 25.7 Å². The molecule has 2 rings (SSSR count). The number of hydrogen-bond acceptors (Lipinski definition) is 1. The summed E-state index contributed by atoms with van der Waals surface area (Å²) in [5.41, 5.74) is 3.53. The maximum absolute atomic E-state index is 13.1. The number of halogens is 1. The average Bonchev–Trinajstić information content (AvgIpc) is 2.45. The van der Waals surface area contributed by atoms with Crippen LogP contribution < -0.4 is 5.32 Å². The molecule has 100 valence electrons. The highest BCUT2D eigenvalue weighted by Gasteiger charge is 2.05. The summed E-state index contributed by atoms with van der Waals surface area (Å²) >= 11 is 0. The summed E-state index contributed by atoms with van der Waals surface area (Å²) < 4.78 is 13.1. The van der Waals surface area contributed by atoms with E-state index in [4.69, 9.17) is 0 Å². The largest absolute Gasteiger partial charge is 0.303 e. The van der Waals surface area contributed by atoms with Crippen LogP contribution >= 0.6 is 9.24 Å². The Hall–Kier alpha value is -1.24. The molecule has 1 nitrogen and oxygen atoms in total. The van der Waals surface area contributed by atoms with Gasteiger partial charge >= 0.3 is 0 Å². The zero-order valence-corrected chi connectivity index (χ0v) is 12.2. The minimum Gasteiger partial charge on any atom is -0.303 e. The van der Waals surface area contributed by atoms with Gasteiger partial charge in [0.2, 0.25) is 0 Å². The van der Waals surface area contributed by atoms with E-state index < -0.39 is 0 Å². The molecule has 2 atom stereocenters. The molecule has 1 N–H and O–H groups in total. The molecule has 0 heterocycles. The van der Waals surface area contributed by atoms with E-state index in [1.54, 1.807) is 12.1 Å². The third-order valence-electron chi connectivity index (χ3n) is 3.13. The number of aryl methyl sites for hydroxylation is 1. The van der Waals surface area contributed by atoms with Crippen LogP contribution in [0.2, 0.25) is 0 Å². The van der Waals surface area contributed by atoms with Gasteiger partial charge in [-0.25, -0.2) is 4.39 Å². The van der Waals surface area contributed by atoms with Crippen LogP contribution in [0.1, 0.15) is 29.4 Å². The van der Waals surface area contributed by atoms with Crippen LogP contribution in [0.5, 0.6) is 0 Å². The van der Waals surface area contributed by atoms with Crippen molar-refractivity contribution in [2.75, 3.05) is 0 Å². The van der Waals surface area contributed by atoms with Gasteiger partial charge in [-0.3, -0.25) is 0 Å². The molecule has 0 saturated heterocycles. The molecule has 0 aliphatic carbocycles. The van der Waals surface area contributed by atoms with E-state index in [1.807, 2.05) is 6.07 Å². The lowest BCUT2D eigenvalue weighted by molar-refractivity contribution is 0.618. The summed E-state index contributed by atoms with van der Waals surface area (Å²) in [6, 6.07) is 15.2. The number of hydrogen-bond donors (Lipinski definition) is 1. The fourth-order valence-electron chi connectivity index (χ4n) is 2.00. The van der Waals surface area contributed by atoms with Crippen LogP contribution in [0.3, 0.4) is 0 Å². The lowest BCUT2D eigenvalue weighted by atomic mass is 10.1. The van der Waals surface area contributed by atoms with Crippen molar-refractivity contribution in [3.63, 3.8) is 0 Å². The van der Waals surface area contributed by atoms with Crippen LogP contribution in [-0.4, -0.2) is 0 Å². The molecule has 0 radical (unpaired) electrons. The van der Waals surface area contributed by atoms with Gasteiger partial charge in [0.15, 0.2) is 0 Å². The van der Waals surface area contributed by atoms with Crippen LogP contribution in [0, 0.1) is 5.82 Å². The standard InChI is InChI=1S/C16H19FNP/c1-2-12-5-3-7-14(9-12)16(19)18-11-13-6-4-8-15(17)10-13/h3-10,16,18H,2,11,19H2,1H3. The fraction of sp³-hybridized carbons (Fsp3) is 0.250. The molecule has 0 aromatic heterocycles. The van der Waals surface area contributed by atoms with Crippen LogP contribution in [0.15, 0.2) is 48.5 Å². The number of nitrogens with one attached hydrogen (secondary N) is 1. The normalized spacial score (nSPS) is 12.4. The van der Waals surface area contributed by atoms with Gasteiger partial charge in [-0.15, -0.1) is 9.24 Å². The zero-order chi connectivity index (χ0) is 13.7. The van der Waals surface area contributed by atoms with Crippen molar-refractivity contribution < 1.29 is 4.39 Å². The molecular formula is C16H19FNP. The van der Waals surface area contributed by atoms with Crippen molar-refractivity contribution >= 4 is 9.24 Å². The van der Waals surface area contributed by atoms with Crippen molar-refractivity contribution in [3.05, 3.63) is 71.0 Å². The predicted octanol–water partition coefficient (Wildman–Crippen LogP) is 4.05. The Bertz CT molecular complexity index is 542. The second kappa shape index (κ2) is 6.79. The van der Waals surface area contributed by atoms with Gasteiger partial charge in [0.05, 0.1) is 0 Å². The Morgan fingerprint density at radius 1 is 1.11 bits per heavy atom. The summed E-state index contributed by atoms with van der Waals surface area (Å²) in [5.74, 6) is -0.0117. The van der Waals surface area contributed by atoms with Gasteiger partial charge in [-0.1, -0.05) is 43.3 Å². The van der Waals surface area contributed by atoms with Gasteiger partial charge in [0.25, 0.3) is 0 Å². The lowest BCUT2D eigenvalue weighted by Crippen LogP contribution is -2.16. The summed E-state index contributed by atoms with van der Waals surface area (Å²) in [6.07, 6.45) is 1.04. The maximum atomic E-state index is 13.1. The second-order valence-corrected chi connectivity index (χ2v) is 5.25. The Morgan fingerprint density at radius 2 is 1.84 bits per heavy atom. The van der Waals surface area contributed by atoms with Crippen LogP contribution in [0.25, 0.3) is 0 Å². The van der Waals surface area contributed by atoms with Gasteiger partial charge in [0.1, 0.15) is 5.82 Å². The average molecular weight is 275 g/mol. The first-order chi connectivity index (χ1) is 9.19. The summed E-state index contributed by atoms with van der Waals surface area (Å²) in [7, 11) is 2.79. The molecule has 0 aliphatic heterocycles. The zero-order valence-electron chi connectivity index (χ0n) is 11.1. The Kier molecular flexibility index (Phi) is 5.07. The highest BCUT2D eigenvalue weighted by atomic mass is 31.0. The molecule has 2 aromatic rings.